The summed E-state index contributed by atoms with van der Waals surface area (Å²) in [5.74, 6) is -1.89. The van der Waals surface area contributed by atoms with Crippen LogP contribution in [0, 0.1) is 5.82 Å². The number of ether oxygens (including phenoxy) is 1. The molecule has 7 heteroatoms. The van der Waals surface area contributed by atoms with Gasteiger partial charge in [-0.2, -0.15) is 0 Å². The number of carbonyl (C=O) groups is 2. The first kappa shape index (κ1) is 19.7. The van der Waals surface area contributed by atoms with Gasteiger partial charge in [-0.05, 0) is 31.0 Å². The van der Waals surface area contributed by atoms with E-state index >= 15 is 0 Å². The maximum absolute atomic E-state index is 13.6. The minimum absolute atomic E-state index is 0.0295. The number of hydrogen-bond acceptors (Lipinski definition) is 5. The molecule has 3 aromatic rings. The Bertz CT molecular complexity index is 985. The molecule has 144 valence electrons. The van der Waals surface area contributed by atoms with Crippen molar-refractivity contribution in [2.24, 2.45) is 0 Å². The normalized spacial score (nSPS) is 11.7. The first-order valence-electron chi connectivity index (χ1n) is 8.79. The Kier molecular flexibility index (Phi) is 6.16. The van der Waals surface area contributed by atoms with Gasteiger partial charge in [0.15, 0.2) is 11.8 Å². The fraction of sp³-hybridized carbons (Fsp3) is 0.190. The molecule has 1 atom stereocenters. The van der Waals surface area contributed by atoms with E-state index in [9.17, 15) is 14.0 Å². The second-order valence-electron chi connectivity index (χ2n) is 6.11. The molecule has 0 spiro atoms. The molecule has 0 aliphatic heterocycles. The fourth-order valence-electron chi connectivity index (χ4n) is 2.45. The van der Waals surface area contributed by atoms with E-state index in [1.165, 1.54) is 42.0 Å². The van der Waals surface area contributed by atoms with Gasteiger partial charge in [0.2, 0.25) is 0 Å². The highest BCUT2D eigenvalue weighted by Crippen LogP contribution is 2.24. The average molecular weight is 398 g/mol. The molecule has 28 heavy (non-hydrogen) atoms. The number of rotatable bonds is 6. The van der Waals surface area contributed by atoms with Crippen molar-refractivity contribution < 1.29 is 18.7 Å². The predicted octanol–water partition coefficient (Wildman–Crippen LogP) is 4.70. The number of anilines is 1. The molecule has 0 saturated carbocycles. The van der Waals surface area contributed by atoms with E-state index in [-0.39, 0.29) is 11.4 Å². The van der Waals surface area contributed by atoms with Crippen molar-refractivity contribution in [3.8, 4) is 10.6 Å². The number of nitrogens with zero attached hydrogens (tertiary/aromatic N) is 1. The summed E-state index contributed by atoms with van der Waals surface area (Å²) in [5, 5.41) is 4.68. The monoisotopic (exact) mass is 398 g/mol. The summed E-state index contributed by atoms with van der Waals surface area (Å²) < 4.78 is 18.8. The van der Waals surface area contributed by atoms with Gasteiger partial charge in [0.1, 0.15) is 10.8 Å². The lowest BCUT2D eigenvalue weighted by Gasteiger charge is -2.13. The smallest absolute Gasteiger partial charge is 0.358 e. The second-order valence-corrected chi connectivity index (χ2v) is 6.96. The van der Waals surface area contributed by atoms with Crippen LogP contribution in [0.2, 0.25) is 0 Å². The summed E-state index contributed by atoms with van der Waals surface area (Å²) in [4.78, 5) is 28.7. The highest BCUT2D eigenvalue weighted by Gasteiger charge is 2.22. The van der Waals surface area contributed by atoms with Gasteiger partial charge in [0.05, 0.1) is 5.69 Å². The lowest BCUT2D eigenvalue weighted by molar-refractivity contribution is -0.123. The number of aryl methyl sites for hydroxylation is 1. The number of amides is 1. The van der Waals surface area contributed by atoms with Crippen LogP contribution in [-0.4, -0.2) is 23.0 Å². The molecular formula is C21H19FN2O3S. The Labute approximate surface area is 166 Å². The van der Waals surface area contributed by atoms with Gasteiger partial charge in [0, 0.05) is 10.9 Å². The lowest BCUT2D eigenvalue weighted by Crippen LogP contribution is -2.30. The molecule has 1 heterocycles. The van der Waals surface area contributed by atoms with Crippen LogP contribution < -0.4 is 5.32 Å². The molecule has 0 aliphatic rings. The van der Waals surface area contributed by atoms with Crippen LogP contribution in [0.3, 0.4) is 0 Å². The van der Waals surface area contributed by atoms with Crippen molar-refractivity contribution in [3.63, 3.8) is 0 Å². The summed E-state index contributed by atoms with van der Waals surface area (Å²) in [7, 11) is 0. The zero-order valence-electron chi connectivity index (χ0n) is 15.4. The average Bonchev–Trinajstić information content (AvgIpc) is 3.20. The van der Waals surface area contributed by atoms with Crippen molar-refractivity contribution in [2.75, 3.05) is 5.32 Å². The highest BCUT2D eigenvalue weighted by molar-refractivity contribution is 7.13. The third kappa shape index (κ3) is 4.61. The first-order valence-corrected chi connectivity index (χ1v) is 9.67. The van der Waals surface area contributed by atoms with Crippen molar-refractivity contribution in [1.82, 2.24) is 4.98 Å². The molecular weight excluding hydrogens is 379 g/mol. The fourth-order valence-corrected chi connectivity index (χ4v) is 3.25. The zero-order valence-corrected chi connectivity index (χ0v) is 16.3. The number of thiazole rings is 1. The summed E-state index contributed by atoms with van der Waals surface area (Å²) >= 11 is 1.32. The number of nitrogens with one attached hydrogen (secondary N) is 1. The van der Waals surface area contributed by atoms with Crippen molar-refractivity contribution >= 4 is 28.9 Å². The molecule has 1 aromatic heterocycles. The standard InChI is InChI=1S/C21H19FN2O3S/c1-3-14-8-10-15(11-9-14)20-24-18(12-28-20)21(26)27-13(2)19(25)23-17-7-5-4-6-16(17)22/h4-13H,3H2,1-2H3,(H,23,25)/t13-/m0/s1. The van der Waals surface area contributed by atoms with Crippen LogP contribution in [-0.2, 0) is 16.0 Å². The molecule has 1 N–H and O–H groups in total. The predicted molar refractivity (Wildman–Crippen MR) is 107 cm³/mol. The topological polar surface area (TPSA) is 68.3 Å². The van der Waals surface area contributed by atoms with Gasteiger partial charge in [0.25, 0.3) is 5.91 Å². The van der Waals surface area contributed by atoms with E-state index in [1.54, 1.807) is 11.4 Å². The Morgan fingerprint density at radius 2 is 1.89 bits per heavy atom. The first-order chi connectivity index (χ1) is 13.5. The molecule has 2 aromatic carbocycles. The maximum Gasteiger partial charge on any atom is 0.358 e. The number of carbonyl (C=O) groups excluding carboxylic acids is 2. The van der Waals surface area contributed by atoms with Crippen LogP contribution in [0.1, 0.15) is 29.9 Å². The summed E-state index contributed by atoms with van der Waals surface area (Å²) in [5.41, 5.74) is 2.29. The largest absolute Gasteiger partial charge is 0.448 e. The van der Waals surface area contributed by atoms with Crippen molar-refractivity contribution in [2.45, 2.75) is 26.4 Å². The SMILES string of the molecule is CCc1ccc(-c2nc(C(=O)O[C@@H](C)C(=O)Nc3ccccc3F)cs2)cc1. The van der Waals surface area contributed by atoms with Crippen LogP contribution in [0.25, 0.3) is 10.6 Å². The molecule has 0 aliphatic carbocycles. The Morgan fingerprint density at radius 1 is 1.18 bits per heavy atom. The molecule has 0 unspecified atom stereocenters. The van der Waals surface area contributed by atoms with Gasteiger partial charge in [-0.1, -0.05) is 43.3 Å². The van der Waals surface area contributed by atoms with E-state index in [2.05, 4.69) is 17.2 Å². The van der Waals surface area contributed by atoms with Gasteiger partial charge in [-0.25, -0.2) is 14.2 Å². The van der Waals surface area contributed by atoms with Crippen LogP contribution in [0.5, 0.6) is 0 Å². The third-order valence-electron chi connectivity index (χ3n) is 4.11. The van der Waals surface area contributed by atoms with Gasteiger partial charge < -0.3 is 10.1 Å². The molecule has 0 fully saturated rings. The Hall–Kier alpha value is -3.06. The van der Waals surface area contributed by atoms with Gasteiger partial charge in [-0.15, -0.1) is 11.3 Å². The molecule has 3 rings (SSSR count). The maximum atomic E-state index is 13.6. The van der Waals surface area contributed by atoms with Crippen LogP contribution in [0.15, 0.2) is 53.9 Å². The zero-order chi connectivity index (χ0) is 20.1. The number of aromatic nitrogens is 1. The molecule has 0 saturated heterocycles. The van der Waals surface area contributed by atoms with E-state index in [0.29, 0.717) is 5.01 Å². The summed E-state index contributed by atoms with van der Waals surface area (Å²) in [6.07, 6.45) is -0.149. The van der Waals surface area contributed by atoms with Gasteiger partial charge in [-0.3, -0.25) is 4.79 Å². The van der Waals surface area contributed by atoms with Gasteiger partial charge >= 0.3 is 5.97 Å². The van der Waals surface area contributed by atoms with Crippen LogP contribution >= 0.6 is 11.3 Å². The number of para-hydroxylation sites is 1. The number of esters is 1. The van der Waals surface area contributed by atoms with E-state index < -0.39 is 23.8 Å². The van der Waals surface area contributed by atoms with Crippen LogP contribution in [0.4, 0.5) is 10.1 Å². The highest BCUT2D eigenvalue weighted by atomic mass is 32.1. The van der Waals surface area contributed by atoms with Crippen molar-refractivity contribution in [1.29, 1.82) is 0 Å². The summed E-state index contributed by atoms with van der Waals surface area (Å²) in [6, 6.07) is 13.7. The number of hydrogen-bond donors (Lipinski definition) is 1. The molecule has 5 nitrogen and oxygen atoms in total. The quantitative estimate of drug-likeness (QED) is 0.612. The number of halogens is 1. The lowest BCUT2D eigenvalue weighted by atomic mass is 10.1. The van der Waals surface area contributed by atoms with E-state index in [4.69, 9.17) is 4.74 Å². The minimum atomic E-state index is -1.10. The molecule has 0 bridgehead atoms. The second kappa shape index (κ2) is 8.75. The van der Waals surface area contributed by atoms with Crippen molar-refractivity contribution in [3.05, 3.63) is 71.0 Å². The Balaban J connectivity index is 1.63. The minimum Gasteiger partial charge on any atom is -0.448 e. The molecule has 0 radical (unpaired) electrons. The van der Waals surface area contributed by atoms with E-state index in [0.717, 1.165) is 12.0 Å². The van der Waals surface area contributed by atoms with E-state index in [1.807, 2.05) is 24.3 Å². The molecule has 1 amide bonds. The third-order valence-corrected chi connectivity index (χ3v) is 5.00. The summed E-state index contributed by atoms with van der Waals surface area (Å²) in [6.45, 7) is 3.50. The number of benzene rings is 2. The Morgan fingerprint density at radius 3 is 2.57 bits per heavy atom.